The van der Waals surface area contributed by atoms with Gasteiger partial charge in [0.05, 0.1) is 6.54 Å². The second kappa shape index (κ2) is 2.52. The summed E-state index contributed by atoms with van der Waals surface area (Å²) >= 11 is 0. The fourth-order valence-electron chi connectivity index (χ4n) is 0.0577. The molecule has 0 spiro atoms. The summed E-state index contributed by atoms with van der Waals surface area (Å²) in [5, 5.41) is 7.98. The summed E-state index contributed by atoms with van der Waals surface area (Å²) in [7, 11) is 1.69. The van der Waals surface area contributed by atoms with Crippen molar-refractivity contribution in [3.8, 4) is 6.19 Å². The number of rotatable bonds is 1. The largest absolute Gasteiger partial charge is 0.309 e. The molecule has 0 saturated carbocycles. The molecule has 0 amide bonds. The zero-order valence-corrected chi connectivity index (χ0v) is 3.97. The molecule has 0 aliphatic carbocycles. The van der Waals surface area contributed by atoms with Crippen molar-refractivity contribution in [2.45, 2.75) is 6.92 Å². The van der Waals surface area contributed by atoms with Crippen molar-refractivity contribution in [2.24, 2.45) is 0 Å². The Hall–Kier alpha value is -0.710. The zero-order valence-electron chi connectivity index (χ0n) is 3.97. The second-order valence-corrected chi connectivity index (χ2v) is 0.969. The van der Waals surface area contributed by atoms with E-state index in [0.29, 0.717) is 0 Å². The Kier molecular flexibility index (Phi) is 2.22. The molecule has 0 aromatic carbocycles. The van der Waals surface area contributed by atoms with Gasteiger partial charge in [-0.3, -0.25) is 0 Å². The molecule has 0 atom stereocenters. The summed E-state index contributed by atoms with van der Waals surface area (Å²) in [4.78, 5) is 1.43. The van der Waals surface area contributed by atoms with Crippen LogP contribution in [0.1, 0.15) is 6.92 Å². The van der Waals surface area contributed by atoms with Crippen LogP contribution in [0.2, 0.25) is 0 Å². The first kappa shape index (κ1) is 5.29. The molecule has 2 nitrogen and oxygen atoms in total. The van der Waals surface area contributed by atoms with Gasteiger partial charge >= 0.3 is 0 Å². The van der Waals surface area contributed by atoms with Gasteiger partial charge in [0.25, 0.3) is 0 Å². The van der Waals surface area contributed by atoms with Crippen molar-refractivity contribution >= 4 is 0 Å². The van der Waals surface area contributed by atoms with E-state index in [9.17, 15) is 0 Å². The van der Waals surface area contributed by atoms with Gasteiger partial charge in [-0.15, -0.1) is 0 Å². The number of hydrogen-bond acceptors (Lipinski definition) is 2. The second-order valence-electron chi connectivity index (χ2n) is 0.969. The van der Waals surface area contributed by atoms with Crippen LogP contribution in [0.15, 0.2) is 0 Å². The molecule has 0 unspecified atom stereocenters. The normalized spacial score (nSPS) is 6.83. The van der Waals surface area contributed by atoms with Crippen molar-refractivity contribution in [2.75, 3.05) is 7.05 Å². The number of nitrogens with zero attached hydrogens (tertiary/aromatic N) is 2. The molecule has 6 heavy (non-hydrogen) atoms. The summed E-state index contributed by atoms with van der Waals surface area (Å²) in [6.07, 6.45) is 1.89. The first-order valence-electron chi connectivity index (χ1n) is 1.73. The van der Waals surface area contributed by atoms with E-state index in [2.05, 4.69) is 0 Å². The van der Waals surface area contributed by atoms with Crippen molar-refractivity contribution in [1.82, 2.24) is 4.90 Å². The Balaban J connectivity index is 3.04. The highest BCUT2D eigenvalue weighted by Crippen LogP contribution is 1.77. The van der Waals surface area contributed by atoms with E-state index >= 15 is 0 Å². The number of nitriles is 1. The van der Waals surface area contributed by atoms with Gasteiger partial charge in [0, 0.05) is 7.05 Å². The van der Waals surface area contributed by atoms with E-state index in [4.69, 9.17) is 5.26 Å². The van der Waals surface area contributed by atoms with E-state index in [0.717, 1.165) is 0 Å². The lowest BCUT2D eigenvalue weighted by Gasteiger charge is -1.98. The minimum Gasteiger partial charge on any atom is -0.309 e. The van der Waals surface area contributed by atoms with Crippen LogP contribution in [-0.2, 0) is 0 Å². The first-order valence-corrected chi connectivity index (χ1v) is 1.73. The Labute approximate surface area is 38.0 Å². The minimum absolute atomic E-state index is 1.43. The third-order valence-corrected chi connectivity index (χ3v) is 0.545. The van der Waals surface area contributed by atoms with Crippen LogP contribution in [0, 0.1) is 18.0 Å². The molecule has 2 heteroatoms. The monoisotopic (exact) mass is 83.1 g/mol. The lowest BCUT2D eigenvalue weighted by molar-refractivity contribution is 0.581. The minimum atomic E-state index is 1.43. The van der Waals surface area contributed by atoms with Crippen LogP contribution in [0.3, 0.4) is 0 Å². The van der Waals surface area contributed by atoms with Crippen molar-refractivity contribution < 1.29 is 0 Å². The first-order chi connectivity index (χ1) is 2.81. The van der Waals surface area contributed by atoms with Gasteiger partial charge in [-0.05, 0) is 6.92 Å². The van der Waals surface area contributed by atoms with Crippen LogP contribution in [-0.4, -0.2) is 11.9 Å². The molecule has 0 rings (SSSR count). The zero-order chi connectivity index (χ0) is 4.99. The SMILES string of the molecule is C[CH]N(C)C#N. The summed E-state index contributed by atoms with van der Waals surface area (Å²) in [5.41, 5.74) is 0. The van der Waals surface area contributed by atoms with Crippen LogP contribution >= 0.6 is 0 Å². The smallest absolute Gasteiger partial charge is 0.179 e. The molecular weight excluding hydrogens is 76.1 g/mol. The van der Waals surface area contributed by atoms with Crippen molar-refractivity contribution in [1.29, 1.82) is 5.26 Å². The summed E-state index contributed by atoms with van der Waals surface area (Å²) in [5.74, 6) is 0. The van der Waals surface area contributed by atoms with Crippen LogP contribution in [0.4, 0.5) is 0 Å². The van der Waals surface area contributed by atoms with Crippen LogP contribution in [0.5, 0.6) is 0 Å². The molecule has 33 valence electrons. The van der Waals surface area contributed by atoms with E-state index in [1.54, 1.807) is 13.6 Å². The molecule has 0 aromatic rings. The van der Waals surface area contributed by atoms with Gasteiger partial charge in [0.2, 0.25) is 0 Å². The molecule has 0 aromatic heterocycles. The highest BCUT2D eigenvalue weighted by molar-refractivity contribution is 4.72. The molecule has 0 heterocycles. The molecular formula is C4H7N2. The van der Waals surface area contributed by atoms with E-state index in [-0.39, 0.29) is 0 Å². The molecule has 0 bridgehead atoms. The summed E-state index contributed by atoms with van der Waals surface area (Å²) in [6, 6.07) is 0. The van der Waals surface area contributed by atoms with Gasteiger partial charge < -0.3 is 4.90 Å². The van der Waals surface area contributed by atoms with Gasteiger partial charge in [-0.2, -0.15) is 5.26 Å². The average molecular weight is 83.1 g/mol. The summed E-state index contributed by atoms with van der Waals surface area (Å²) < 4.78 is 0. The molecule has 1 radical (unpaired) electrons. The standard InChI is InChI=1S/C4H7N2/c1-3-6(2)4-5/h3H,1-2H3. The maximum Gasteiger partial charge on any atom is 0.179 e. The van der Waals surface area contributed by atoms with Crippen LogP contribution < -0.4 is 0 Å². The molecule has 0 saturated heterocycles. The van der Waals surface area contributed by atoms with Crippen molar-refractivity contribution in [3.63, 3.8) is 0 Å². The van der Waals surface area contributed by atoms with E-state index in [1.165, 1.54) is 4.90 Å². The molecule has 0 aliphatic rings. The summed E-state index contributed by atoms with van der Waals surface area (Å²) in [6.45, 7) is 3.50. The van der Waals surface area contributed by atoms with Crippen molar-refractivity contribution in [3.05, 3.63) is 6.54 Å². The van der Waals surface area contributed by atoms with Crippen LogP contribution in [0.25, 0.3) is 0 Å². The fraction of sp³-hybridized carbons (Fsp3) is 0.500. The Morgan fingerprint density at radius 3 is 2.33 bits per heavy atom. The highest BCUT2D eigenvalue weighted by atomic mass is 15.1. The fourth-order valence-corrected chi connectivity index (χ4v) is 0.0577. The maximum atomic E-state index is 7.98. The van der Waals surface area contributed by atoms with E-state index < -0.39 is 0 Å². The van der Waals surface area contributed by atoms with E-state index in [1.807, 2.05) is 13.1 Å². The third kappa shape index (κ3) is 1.59. The quantitative estimate of drug-likeness (QED) is 0.342. The predicted molar refractivity (Wildman–Crippen MR) is 23.3 cm³/mol. The lowest BCUT2D eigenvalue weighted by Crippen LogP contribution is -2.02. The molecule has 0 aliphatic heterocycles. The Morgan fingerprint density at radius 2 is 2.33 bits per heavy atom. The Morgan fingerprint density at radius 1 is 1.83 bits per heavy atom. The Bertz CT molecular complexity index is 62.4. The molecule has 0 N–H and O–H groups in total. The van der Waals surface area contributed by atoms with Gasteiger partial charge in [0.1, 0.15) is 0 Å². The maximum absolute atomic E-state index is 7.98. The van der Waals surface area contributed by atoms with Gasteiger partial charge in [0.15, 0.2) is 6.19 Å². The molecule has 0 fully saturated rings. The third-order valence-electron chi connectivity index (χ3n) is 0.545. The van der Waals surface area contributed by atoms with Gasteiger partial charge in [-0.1, -0.05) is 0 Å². The highest BCUT2D eigenvalue weighted by Gasteiger charge is 1.79. The average Bonchev–Trinajstić information content (AvgIpc) is 1.65. The topological polar surface area (TPSA) is 27.0 Å². The van der Waals surface area contributed by atoms with Gasteiger partial charge in [-0.25, -0.2) is 0 Å². The lowest BCUT2D eigenvalue weighted by atomic mass is 10.7. The predicted octanol–water partition coefficient (Wildman–Crippen LogP) is 0.581. The number of hydrogen-bond donors (Lipinski definition) is 0.